The Balaban J connectivity index is 2.00. The maximum absolute atomic E-state index is 11.1. The van der Waals surface area contributed by atoms with Gasteiger partial charge in [0.15, 0.2) is 0 Å². The summed E-state index contributed by atoms with van der Waals surface area (Å²) in [7, 11) is 1.69. The van der Waals surface area contributed by atoms with Crippen LogP contribution in [0.2, 0.25) is 0 Å². The minimum atomic E-state index is -0.667. The van der Waals surface area contributed by atoms with Gasteiger partial charge in [-0.2, -0.15) is 0 Å². The topological polar surface area (TPSA) is 49.8 Å². The first-order valence-corrected chi connectivity index (χ1v) is 7.20. The van der Waals surface area contributed by atoms with E-state index in [1.54, 1.807) is 7.11 Å². The molecule has 0 saturated carbocycles. The van der Waals surface area contributed by atoms with Gasteiger partial charge in [0.2, 0.25) is 0 Å². The molecule has 2 rings (SSSR count). The Morgan fingerprint density at radius 3 is 2.95 bits per heavy atom. The van der Waals surface area contributed by atoms with Crippen molar-refractivity contribution in [2.75, 3.05) is 20.2 Å². The van der Waals surface area contributed by atoms with E-state index in [9.17, 15) is 4.79 Å². The molecule has 1 fully saturated rings. The predicted octanol–water partition coefficient (Wildman–Crippen LogP) is 2.42. The highest BCUT2D eigenvalue weighted by Gasteiger charge is 2.28. The molecule has 1 N–H and O–H groups in total. The molecule has 1 aromatic rings. The lowest BCUT2D eigenvalue weighted by molar-refractivity contribution is -0.143. The van der Waals surface area contributed by atoms with E-state index in [-0.39, 0.29) is 5.92 Å². The van der Waals surface area contributed by atoms with Gasteiger partial charge in [0.25, 0.3) is 0 Å². The van der Waals surface area contributed by atoms with E-state index in [2.05, 4.69) is 17.9 Å². The molecule has 1 aromatic carbocycles. The fraction of sp³-hybridized carbons (Fsp3) is 0.562. The number of methoxy groups -OCH3 is 1. The highest BCUT2D eigenvalue weighted by molar-refractivity contribution is 5.70. The Hall–Kier alpha value is -1.55. The zero-order chi connectivity index (χ0) is 14.5. The van der Waals surface area contributed by atoms with Crippen LogP contribution in [0.3, 0.4) is 0 Å². The van der Waals surface area contributed by atoms with Crippen molar-refractivity contribution in [1.29, 1.82) is 0 Å². The first kappa shape index (κ1) is 14.9. The molecule has 20 heavy (non-hydrogen) atoms. The molecule has 2 atom stereocenters. The molecule has 0 aliphatic carbocycles. The van der Waals surface area contributed by atoms with Crippen LogP contribution < -0.4 is 4.74 Å². The zero-order valence-electron chi connectivity index (χ0n) is 12.2. The van der Waals surface area contributed by atoms with E-state index in [1.165, 1.54) is 5.56 Å². The van der Waals surface area contributed by atoms with E-state index in [0.717, 1.165) is 31.6 Å². The Morgan fingerprint density at radius 2 is 2.25 bits per heavy atom. The number of para-hydroxylation sites is 1. The molecule has 1 heterocycles. The molecule has 1 saturated heterocycles. The highest BCUT2D eigenvalue weighted by Crippen LogP contribution is 2.24. The van der Waals surface area contributed by atoms with Crippen LogP contribution in [-0.4, -0.2) is 42.2 Å². The SMILES string of the molecule is COc1ccccc1CC(C)N1CCCC(C(=O)O)C1. The van der Waals surface area contributed by atoms with Crippen LogP contribution in [0, 0.1) is 5.92 Å². The zero-order valence-corrected chi connectivity index (χ0v) is 12.2. The molecule has 0 radical (unpaired) electrons. The third-order valence-corrected chi connectivity index (χ3v) is 4.13. The van der Waals surface area contributed by atoms with E-state index in [4.69, 9.17) is 9.84 Å². The van der Waals surface area contributed by atoms with Crippen LogP contribution in [0.1, 0.15) is 25.3 Å². The summed E-state index contributed by atoms with van der Waals surface area (Å²) < 4.78 is 5.38. The number of carboxylic acid groups (broad SMARTS) is 1. The van der Waals surface area contributed by atoms with Crippen molar-refractivity contribution >= 4 is 5.97 Å². The monoisotopic (exact) mass is 277 g/mol. The summed E-state index contributed by atoms with van der Waals surface area (Å²) in [5.74, 6) is 0.0224. The highest BCUT2D eigenvalue weighted by atomic mass is 16.5. The second-order valence-electron chi connectivity index (χ2n) is 5.54. The average molecular weight is 277 g/mol. The van der Waals surface area contributed by atoms with Crippen molar-refractivity contribution in [3.05, 3.63) is 29.8 Å². The van der Waals surface area contributed by atoms with Crippen molar-refractivity contribution < 1.29 is 14.6 Å². The van der Waals surface area contributed by atoms with E-state index in [0.29, 0.717) is 12.6 Å². The van der Waals surface area contributed by atoms with E-state index in [1.807, 2.05) is 18.2 Å². The second kappa shape index (κ2) is 6.75. The average Bonchev–Trinajstić information content (AvgIpc) is 2.48. The number of rotatable bonds is 5. The van der Waals surface area contributed by atoms with Crippen molar-refractivity contribution in [1.82, 2.24) is 4.90 Å². The standard InChI is InChI=1S/C16H23NO3/c1-12(10-13-6-3-4-8-15(13)20-2)17-9-5-7-14(11-17)16(18)19/h3-4,6,8,12,14H,5,7,9-11H2,1-2H3,(H,18,19). The molecular formula is C16H23NO3. The largest absolute Gasteiger partial charge is 0.496 e. The van der Waals surface area contributed by atoms with Gasteiger partial charge in [0.05, 0.1) is 13.0 Å². The molecule has 1 aliphatic rings. The Labute approximate surface area is 120 Å². The number of hydrogen-bond acceptors (Lipinski definition) is 3. The van der Waals surface area contributed by atoms with Gasteiger partial charge in [-0.25, -0.2) is 0 Å². The van der Waals surface area contributed by atoms with E-state index >= 15 is 0 Å². The Bertz CT molecular complexity index is 461. The number of carboxylic acids is 1. The lowest BCUT2D eigenvalue weighted by atomic mass is 9.95. The third kappa shape index (κ3) is 3.51. The number of nitrogens with zero attached hydrogens (tertiary/aromatic N) is 1. The van der Waals surface area contributed by atoms with Gasteiger partial charge >= 0.3 is 5.97 Å². The lowest BCUT2D eigenvalue weighted by Gasteiger charge is -2.35. The molecule has 4 heteroatoms. The number of piperidine rings is 1. The summed E-state index contributed by atoms with van der Waals surface area (Å²) in [6.45, 7) is 3.81. The molecule has 2 unspecified atom stereocenters. The predicted molar refractivity (Wildman–Crippen MR) is 78.1 cm³/mol. The summed E-state index contributed by atoms with van der Waals surface area (Å²) in [6.07, 6.45) is 2.65. The van der Waals surface area contributed by atoms with Gasteiger partial charge in [0, 0.05) is 12.6 Å². The molecule has 4 nitrogen and oxygen atoms in total. The third-order valence-electron chi connectivity index (χ3n) is 4.13. The van der Waals surface area contributed by atoms with Gasteiger partial charge in [-0.15, -0.1) is 0 Å². The number of ether oxygens (including phenoxy) is 1. The smallest absolute Gasteiger partial charge is 0.307 e. The minimum absolute atomic E-state index is 0.219. The molecule has 1 aliphatic heterocycles. The molecule has 0 bridgehead atoms. The summed E-state index contributed by atoms with van der Waals surface area (Å²) >= 11 is 0. The van der Waals surface area contributed by atoms with Crippen molar-refractivity contribution in [2.24, 2.45) is 5.92 Å². The fourth-order valence-electron chi connectivity index (χ4n) is 2.93. The van der Waals surface area contributed by atoms with Gasteiger partial charge in [0.1, 0.15) is 5.75 Å². The van der Waals surface area contributed by atoms with Crippen molar-refractivity contribution in [3.8, 4) is 5.75 Å². The number of likely N-dealkylation sites (tertiary alicyclic amines) is 1. The first-order chi connectivity index (χ1) is 9.61. The Morgan fingerprint density at radius 1 is 1.50 bits per heavy atom. The minimum Gasteiger partial charge on any atom is -0.496 e. The summed E-state index contributed by atoms with van der Waals surface area (Å²) in [5.41, 5.74) is 1.18. The van der Waals surface area contributed by atoms with Gasteiger partial charge in [-0.3, -0.25) is 9.69 Å². The van der Waals surface area contributed by atoms with Crippen molar-refractivity contribution in [2.45, 2.75) is 32.2 Å². The Kier molecular flexibility index (Phi) is 5.01. The van der Waals surface area contributed by atoms with Gasteiger partial charge < -0.3 is 9.84 Å². The quantitative estimate of drug-likeness (QED) is 0.898. The van der Waals surface area contributed by atoms with Crippen LogP contribution in [0.15, 0.2) is 24.3 Å². The van der Waals surface area contributed by atoms with Crippen LogP contribution in [-0.2, 0) is 11.2 Å². The van der Waals surface area contributed by atoms with E-state index < -0.39 is 5.97 Å². The van der Waals surface area contributed by atoms with Crippen LogP contribution in [0.4, 0.5) is 0 Å². The molecule has 0 aromatic heterocycles. The van der Waals surface area contributed by atoms with Gasteiger partial charge in [-0.1, -0.05) is 18.2 Å². The molecule has 0 spiro atoms. The summed E-state index contributed by atoms with van der Waals surface area (Å²) in [4.78, 5) is 13.4. The van der Waals surface area contributed by atoms with Crippen molar-refractivity contribution in [3.63, 3.8) is 0 Å². The molecular weight excluding hydrogens is 254 g/mol. The maximum atomic E-state index is 11.1. The second-order valence-corrected chi connectivity index (χ2v) is 5.54. The number of hydrogen-bond donors (Lipinski definition) is 1. The van der Waals surface area contributed by atoms with Crippen LogP contribution in [0.25, 0.3) is 0 Å². The molecule has 110 valence electrons. The summed E-state index contributed by atoms with van der Waals surface area (Å²) in [5, 5.41) is 9.16. The van der Waals surface area contributed by atoms with Crippen LogP contribution >= 0.6 is 0 Å². The number of carbonyl (C=O) groups is 1. The maximum Gasteiger partial charge on any atom is 0.307 e. The first-order valence-electron chi connectivity index (χ1n) is 7.20. The summed E-state index contributed by atoms with van der Waals surface area (Å²) in [6, 6.07) is 8.36. The van der Waals surface area contributed by atoms with Gasteiger partial charge in [-0.05, 0) is 44.4 Å². The number of aliphatic carboxylic acids is 1. The fourth-order valence-corrected chi connectivity index (χ4v) is 2.93. The lowest BCUT2D eigenvalue weighted by Crippen LogP contribution is -2.44. The molecule has 0 amide bonds. The number of benzene rings is 1. The van der Waals surface area contributed by atoms with Crippen LogP contribution in [0.5, 0.6) is 5.75 Å². The normalized spacial score (nSPS) is 21.4.